The molecule has 1 unspecified atom stereocenters. The number of nitrogens with zero attached hydrogens (tertiary/aromatic N) is 2. The number of carbonyl (C=O) groups excluding carboxylic acids is 1. The Morgan fingerprint density at radius 2 is 1.79 bits per heavy atom. The number of guanidine groups is 1. The predicted molar refractivity (Wildman–Crippen MR) is 125 cm³/mol. The SMILES string of the molecule is CCNC(=NCc1cc(OC)c(OC)cc1OC)NC1CCN(C(=O)CC)C1.I. The van der Waals surface area contributed by atoms with E-state index >= 15 is 0 Å². The Bertz CT molecular complexity index is 699. The van der Waals surface area contributed by atoms with Crippen LogP contribution in [0.15, 0.2) is 17.1 Å². The second kappa shape index (κ2) is 12.6. The molecule has 0 radical (unpaired) electrons. The lowest BCUT2D eigenvalue weighted by Crippen LogP contribution is -2.45. The van der Waals surface area contributed by atoms with Crippen molar-refractivity contribution < 1.29 is 19.0 Å². The molecule has 0 saturated carbocycles. The molecule has 1 aromatic rings. The summed E-state index contributed by atoms with van der Waals surface area (Å²) in [4.78, 5) is 18.5. The van der Waals surface area contributed by atoms with E-state index in [0.29, 0.717) is 36.8 Å². The molecule has 1 atom stereocenters. The molecular formula is C20H33IN4O4. The summed E-state index contributed by atoms with van der Waals surface area (Å²) in [5, 5.41) is 6.70. The average Bonchev–Trinajstić information content (AvgIpc) is 3.19. The van der Waals surface area contributed by atoms with Gasteiger partial charge in [0.15, 0.2) is 17.5 Å². The number of aliphatic imine (C=N–C) groups is 1. The number of hydrogen-bond acceptors (Lipinski definition) is 5. The van der Waals surface area contributed by atoms with Crippen LogP contribution in [0.5, 0.6) is 17.2 Å². The first-order valence-electron chi connectivity index (χ1n) is 9.67. The van der Waals surface area contributed by atoms with Gasteiger partial charge in [-0.15, -0.1) is 24.0 Å². The van der Waals surface area contributed by atoms with Crippen LogP contribution in [0, 0.1) is 0 Å². The van der Waals surface area contributed by atoms with Crippen LogP contribution in [-0.2, 0) is 11.3 Å². The standard InChI is InChI=1S/C20H32N4O4.HI/c1-6-19(25)24-9-8-15(13-24)23-20(21-7-2)22-12-14-10-17(27-4)18(28-5)11-16(14)26-3;/h10-11,15H,6-9,12-13H2,1-5H3,(H2,21,22,23);1H. The van der Waals surface area contributed by atoms with E-state index in [1.54, 1.807) is 27.4 Å². The predicted octanol–water partition coefficient (Wildman–Crippen LogP) is 2.40. The third-order valence-electron chi connectivity index (χ3n) is 4.72. The van der Waals surface area contributed by atoms with Gasteiger partial charge in [0.05, 0.1) is 27.9 Å². The lowest BCUT2D eigenvalue weighted by atomic mass is 10.1. The largest absolute Gasteiger partial charge is 0.496 e. The lowest BCUT2D eigenvalue weighted by Gasteiger charge is -2.19. The monoisotopic (exact) mass is 520 g/mol. The van der Waals surface area contributed by atoms with Gasteiger partial charge in [-0.1, -0.05) is 6.92 Å². The lowest BCUT2D eigenvalue weighted by molar-refractivity contribution is -0.129. The fourth-order valence-electron chi connectivity index (χ4n) is 3.22. The molecule has 1 aliphatic heterocycles. The Balaban J connectivity index is 0.00000420. The summed E-state index contributed by atoms with van der Waals surface area (Å²) in [5.74, 6) is 2.86. The average molecular weight is 520 g/mol. The molecule has 1 fully saturated rings. The van der Waals surface area contributed by atoms with Crippen LogP contribution in [0.25, 0.3) is 0 Å². The Hall–Kier alpha value is -1.91. The van der Waals surface area contributed by atoms with Gasteiger partial charge in [-0.3, -0.25) is 4.79 Å². The Morgan fingerprint density at radius 1 is 1.14 bits per heavy atom. The first kappa shape index (κ1) is 25.1. The second-order valence-electron chi connectivity index (χ2n) is 6.54. The molecule has 1 aromatic carbocycles. The second-order valence-corrected chi connectivity index (χ2v) is 6.54. The molecule has 164 valence electrons. The minimum absolute atomic E-state index is 0. The minimum Gasteiger partial charge on any atom is -0.496 e. The number of carbonyl (C=O) groups is 1. The number of methoxy groups -OCH3 is 3. The van der Waals surface area contributed by atoms with E-state index in [2.05, 4.69) is 10.6 Å². The summed E-state index contributed by atoms with van der Waals surface area (Å²) < 4.78 is 16.2. The Morgan fingerprint density at radius 3 is 2.38 bits per heavy atom. The summed E-state index contributed by atoms with van der Waals surface area (Å²) in [6, 6.07) is 3.87. The number of amides is 1. The van der Waals surface area contributed by atoms with E-state index in [9.17, 15) is 4.79 Å². The molecule has 9 heteroatoms. The summed E-state index contributed by atoms with van der Waals surface area (Å²) in [6.07, 6.45) is 1.45. The van der Waals surface area contributed by atoms with Gasteiger partial charge in [-0.25, -0.2) is 4.99 Å². The highest BCUT2D eigenvalue weighted by molar-refractivity contribution is 14.0. The van der Waals surface area contributed by atoms with Gasteiger partial charge in [0.2, 0.25) is 5.91 Å². The van der Waals surface area contributed by atoms with Crippen molar-refractivity contribution in [2.24, 2.45) is 4.99 Å². The van der Waals surface area contributed by atoms with E-state index in [1.807, 2.05) is 24.8 Å². The van der Waals surface area contributed by atoms with Crippen LogP contribution in [-0.4, -0.2) is 63.8 Å². The highest BCUT2D eigenvalue weighted by Crippen LogP contribution is 2.34. The van der Waals surface area contributed by atoms with Crippen LogP contribution < -0.4 is 24.8 Å². The zero-order valence-electron chi connectivity index (χ0n) is 17.9. The highest BCUT2D eigenvalue weighted by Gasteiger charge is 2.25. The van der Waals surface area contributed by atoms with Crippen LogP contribution >= 0.6 is 24.0 Å². The molecule has 1 heterocycles. The molecule has 1 aliphatic rings. The molecule has 1 amide bonds. The third-order valence-corrected chi connectivity index (χ3v) is 4.72. The maximum Gasteiger partial charge on any atom is 0.222 e. The fraction of sp³-hybridized carbons (Fsp3) is 0.600. The molecule has 29 heavy (non-hydrogen) atoms. The van der Waals surface area contributed by atoms with Gasteiger partial charge in [-0.05, 0) is 19.4 Å². The number of halogens is 1. The van der Waals surface area contributed by atoms with Gasteiger partial charge in [0.25, 0.3) is 0 Å². The molecule has 0 aromatic heterocycles. The van der Waals surface area contributed by atoms with E-state index in [1.165, 1.54) is 0 Å². The third kappa shape index (κ3) is 6.83. The quantitative estimate of drug-likeness (QED) is 0.311. The van der Waals surface area contributed by atoms with Crippen LogP contribution in [0.3, 0.4) is 0 Å². The summed E-state index contributed by atoms with van der Waals surface area (Å²) in [6.45, 7) is 6.58. The minimum atomic E-state index is 0. The van der Waals surface area contributed by atoms with Crippen molar-refractivity contribution >= 4 is 35.8 Å². The van der Waals surface area contributed by atoms with Crippen LogP contribution in [0.4, 0.5) is 0 Å². The molecule has 2 N–H and O–H groups in total. The van der Waals surface area contributed by atoms with Crippen molar-refractivity contribution in [3.63, 3.8) is 0 Å². The van der Waals surface area contributed by atoms with Gasteiger partial charge in [0, 0.05) is 43.7 Å². The number of ether oxygens (including phenoxy) is 3. The van der Waals surface area contributed by atoms with Gasteiger partial charge in [-0.2, -0.15) is 0 Å². The number of hydrogen-bond donors (Lipinski definition) is 2. The van der Waals surface area contributed by atoms with Crippen molar-refractivity contribution in [2.45, 2.75) is 39.3 Å². The summed E-state index contributed by atoms with van der Waals surface area (Å²) in [7, 11) is 4.82. The summed E-state index contributed by atoms with van der Waals surface area (Å²) >= 11 is 0. The number of benzene rings is 1. The Kier molecular flexibility index (Phi) is 10.9. The van der Waals surface area contributed by atoms with E-state index in [4.69, 9.17) is 19.2 Å². The van der Waals surface area contributed by atoms with E-state index in [-0.39, 0.29) is 35.9 Å². The normalized spacial score (nSPS) is 16.1. The van der Waals surface area contributed by atoms with E-state index < -0.39 is 0 Å². The molecule has 1 saturated heterocycles. The number of likely N-dealkylation sites (tertiary alicyclic amines) is 1. The maximum absolute atomic E-state index is 11.9. The zero-order chi connectivity index (χ0) is 20.5. The topological polar surface area (TPSA) is 84.4 Å². The highest BCUT2D eigenvalue weighted by atomic mass is 127. The Labute approximate surface area is 190 Å². The van der Waals surface area contributed by atoms with Gasteiger partial charge < -0.3 is 29.7 Å². The van der Waals surface area contributed by atoms with Crippen molar-refractivity contribution in [3.05, 3.63) is 17.7 Å². The van der Waals surface area contributed by atoms with Crippen molar-refractivity contribution in [1.29, 1.82) is 0 Å². The maximum atomic E-state index is 11.9. The molecule has 0 spiro atoms. The van der Waals surface area contributed by atoms with Crippen molar-refractivity contribution in [1.82, 2.24) is 15.5 Å². The van der Waals surface area contributed by atoms with E-state index in [0.717, 1.165) is 31.0 Å². The number of rotatable bonds is 8. The molecule has 0 aliphatic carbocycles. The molecule has 8 nitrogen and oxygen atoms in total. The molecular weight excluding hydrogens is 487 g/mol. The van der Waals surface area contributed by atoms with Crippen LogP contribution in [0.2, 0.25) is 0 Å². The van der Waals surface area contributed by atoms with Crippen molar-refractivity contribution in [2.75, 3.05) is 41.0 Å². The smallest absolute Gasteiger partial charge is 0.222 e. The molecule has 2 rings (SSSR count). The first-order valence-corrected chi connectivity index (χ1v) is 9.67. The van der Waals surface area contributed by atoms with Crippen LogP contribution in [0.1, 0.15) is 32.3 Å². The zero-order valence-corrected chi connectivity index (χ0v) is 20.2. The molecule has 0 bridgehead atoms. The first-order chi connectivity index (χ1) is 13.6. The summed E-state index contributed by atoms with van der Waals surface area (Å²) in [5.41, 5.74) is 0.895. The fourth-order valence-corrected chi connectivity index (χ4v) is 3.22. The number of nitrogens with one attached hydrogen (secondary N) is 2. The van der Waals surface area contributed by atoms with Gasteiger partial charge in [0.1, 0.15) is 5.75 Å². The van der Waals surface area contributed by atoms with Crippen molar-refractivity contribution in [3.8, 4) is 17.2 Å². The van der Waals surface area contributed by atoms with Gasteiger partial charge >= 0.3 is 0 Å².